The van der Waals surface area contributed by atoms with E-state index < -0.39 is 0 Å². The van der Waals surface area contributed by atoms with Crippen LogP contribution in [0.3, 0.4) is 0 Å². The van der Waals surface area contributed by atoms with Crippen molar-refractivity contribution in [3.63, 3.8) is 0 Å². The van der Waals surface area contributed by atoms with Gasteiger partial charge in [0.05, 0.1) is 19.3 Å². The first-order valence-electron chi connectivity index (χ1n) is 10.7. The van der Waals surface area contributed by atoms with Crippen molar-refractivity contribution in [1.29, 1.82) is 0 Å². The quantitative estimate of drug-likeness (QED) is 0.596. The minimum absolute atomic E-state index is 0.270. The molecule has 0 spiro atoms. The molecule has 1 aliphatic carbocycles. The third kappa shape index (κ3) is 3.74. The molecule has 1 atom stereocenters. The minimum Gasteiger partial charge on any atom is -0.331 e. The van der Waals surface area contributed by atoms with Gasteiger partial charge in [-0.05, 0) is 28.7 Å². The molecular weight excluding hydrogens is 376 g/mol. The summed E-state index contributed by atoms with van der Waals surface area (Å²) in [5.74, 6) is 1.13. The van der Waals surface area contributed by atoms with Gasteiger partial charge in [-0.25, -0.2) is 0 Å². The summed E-state index contributed by atoms with van der Waals surface area (Å²) in [6.07, 6.45) is 3.38. The van der Waals surface area contributed by atoms with Gasteiger partial charge in [0, 0.05) is 13.0 Å². The van der Waals surface area contributed by atoms with E-state index in [0.717, 1.165) is 30.4 Å². The van der Waals surface area contributed by atoms with Crippen LogP contribution in [0.5, 0.6) is 0 Å². The summed E-state index contributed by atoms with van der Waals surface area (Å²) < 4.78 is 2.39. The molecule has 4 nitrogen and oxygen atoms in total. The lowest BCUT2D eigenvalue weighted by Crippen LogP contribution is -3.06. The number of hydrogen-bond acceptors (Lipinski definition) is 3. The fourth-order valence-electron chi connectivity index (χ4n) is 4.36. The van der Waals surface area contributed by atoms with Gasteiger partial charge in [0.2, 0.25) is 0 Å². The molecule has 0 radical (unpaired) electrons. The number of aromatic nitrogens is 3. The lowest BCUT2D eigenvalue weighted by Gasteiger charge is -2.21. The predicted octanol–water partition coefficient (Wildman–Crippen LogP) is 4.54. The molecule has 0 bridgehead atoms. The zero-order valence-electron chi connectivity index (χ0n) is 17.9. The van der Waals surface area contributed by atoms with Crippen LogP contribution in [-0.2, 0) is 6.54 Å². The molecule has 0 unspecified atom stereocenters. The maximum atomic E-state index is 4.69. The Morgan fingerprint density at radius 1 is 0.966 bits per heavy atom. The van der Waals surface area contributed by atoms with E-state index in [1.165, 1.54) is 33.6 Å². The highest BCUT2D eigenvalue weighted by molar-refractivity contribution is 7.99. The fraction of sp³-hybridized carbons (Fsp3) is 0.417. The van der Waals surface area contributed by atoms with Crippen LogP contribution in [-0.4, -0.2) is 28.9 Å². The number of unbranched alkanes of at least 4 members (excludes halogenated alkanes) is 1. The number of rotatable bonds is 8. The minimum atomic E-state index is 0.270. The van der Waals surface area contributed by atoms with Gasteiger partial charge in [0.1, 0.15) is 6.04 Å². The SMILES string of the molecule is CCCCn1c(SC2c3ccccc3-c3ccccc32)nnc1[C@@H](CC)[NH+](C)C. The average Bonchev–Trinajstić information content (AvgIpc) is 3.27. The van der Waals surface area contributed by atoms with E-state index in [1.54, 1.807) is 0 Å². The summed E-state index contributed by atoms with van der Waals surface area (Å²) in [6, 6.07) is 17.9. The van der Waals surface area contributed by atoms with Gasteiger partial charge >= 0.3 is 0 Å². The molecule has 1 aliphatic rings. The number of thioether (sulfide) groups is 1. The van der Waals surface area contributed by atoms with Gasteiger partial charge in [0.25, 0.3) is 0 Å². The Kier molecular flexibility index (Phi) is 6.07. The zero-order valence-corrected chi connectivity index (χ0v) is 18.7. The average molecular weight is 408 g/mol. The Labute approximate surface area is 178 Å². The van der Waals surface area contributed by atoms with Gasteiger partial charge in [-0.1, -0.05) is 80.6 Å². The van der Waals surface area contributed by atoms with Gasteiger partial charge in [-0.3, -0.25) is 0 Å². The number of nitrogens with zero attached hydrogens (tertiary/aromatic N) is 3. The summed E-state index contributed by atoms with van der Waals surface area (Å²) in [4.78, 5) is 1.41. The molecule has 0 aliphatic heterocycles. The van der Waals surface area contributed by atoms with Gasteiger partial charge in [-0.15, -0.1) is 10.2 Å². The van der Waals surface area contributed by atoms with Crippen LogP contribution in [0.25, 0.3) is 11.1 Å². The first-order chi connectivity index (χ1) is 14.2. The van der Waals surface area contributed by atoms with Crippen LogP contribution in [0.15, 0.2) is 53.7 Å². The Bertz CT molecular complexity index is 933. The summed E-state index contributed by atoms with van der Waals surface area (Å²) in [5, 5.41) is 10.7. The molecule has 1 heterocycles. The second-order valence-corrected chi connectivity index (χ2v) is 9.13. The Morgan fingerprint density at radius 3 is 2.14 bits per heavy atom. The number of benzene rings is 2. The molecule has 0 saturated carbocycles. The Morgan fingerprint density at radius 2 is 1.59 bits per heavy atom. The summed E-state index contributed by atoms with van der Waals surface area (Å²) >= 11 is 1.85. The summed E-state index contributed by atoms with van der Waals surface area (Å²) in [6.45, 7) is 5.47. The number of nitrogens with one attached hydrogen (secondary N) is 1. The van der Waals surface area contributed by atoms with E-state index in [9.17, 15) is 0 Å². The smallest absolute Gasteiger partial charge is 0.192 e. The molecular formula is C24H31N4S+. The second-order valence-electron chi connectivity index (χ2n) is 8.06. The van der Waals surface area contributed by atoms with Crippen LogP contribution in [0, 0.1) is 0 Å². The van der Waals surface area contributed by atoms with Crippen LogP contribution < -0.4 is 4.90 Å². The number of quaternary nitrogens is 1. The second kappa shape index (κ2) is 8.72. The molecule has 4 rings (SSSR count). The third-order valence-corrected chi connectivity index (χ3v) is 7.15. The maximum Gasteiger partial charge on any atom is 0.192 e. The van der Waals surface area contributed by atoms with E-state index >= 15 is 0 Å². The lowest BCUT2D eigenvalue weighted by molar-refractivity contribution is -0.893. The van der Waals surface area contributed by atoms with Gasteiger partial charge in [0.15, 0.2) is 11.0 Å². The standard InChI is InChI=1S/C24H30N4S/c1-5-7-16-28-23(21(6-2)27(3)4)25-26-24(28)29-22-19-14-10-8-12-17(19)18-13-9-11-15-20(18)22/h8-15,21-22H,5-7,16H2,1-4H3/p+1/t21-/m1/s1. The Balaban J connectivity index is 1.74. The molecule has 2 aromatic carbocycles. The monoisotopic (exact) mass is 407 g/mol. The van der Waals surface area contributed by atoms with E-state index in [2.05, 4.69) is 86.1 Å². The van der Waals surface area contributed by atoms with Crippen molar-refractivity contribution in [1.82, 2.24) is 14.8 Å². The fourth-order valence-corrected chi connectivity index (χ4v) is 5.64. The highest BCUT2D eigenvalue weighted by Gasteiger charge is 2.32. The van der Waals surface area contributed by atoms with Crippen LogP contribution in [0.1, 0.15) is 61.4 Å². The van der Waals surface area contributed by atoms with E-state index in [-0.39, 0.29) is 5.25 Å². The maximum absolute atomic E-state index is 4.69. The largest absolute Gasteiger partial charge is 0.331 e. The van der Waals surface area contributed by atoms with Crippen molar-refractivity contribution >= 4 is 11.8 Å². The van der Waals surface area contributed by atoms with Crippen LogP contribution in [0.4, 0.5) is 0 Å². The van der Waals surface area contributed by atoms with Crippen molar-refractivity contribution in [3.8, 4) is 11.1 Å². The number of hydrogen-bond donors (Lipinski definition) is 1. The molecule has 29 heavy (non-hydrogen) atoms. The third-order valence-electron chi connectivity index (χ3n) is 5.90. The van der Waals surface area contributed by atoms with E-state index in [1.807, 2.05) is 11.8 Å². The molecule has 0 amide bonds. The van der Waals surface area contributed by atoms with Crippen molar-refractivity contribution in [2.24, 2.45) is 0 Å². The molecule has 5 heteroatoms. The molecule has 0 saturated heterocycles. The molecule has 1 N–H and O–H groups in total. The molecule has 1 aromatic heterocycles. The first-order valence-corrected chi connectivity index (χ1v) is 11.6. The Hall–Kier alpha value is -2.11. The van der Waals surface area contributed by atoms with Crippen LogP contribution >= 0.6 is 11.8 Å². The van der Waals surface area contributed by atoms with Gasteiger partial charge in [-0.2, -0.15) is 0 Å². The molecule has 152 valence electrons. The molecule has 0 fully saturated rings. The van der Waals surface area contributed by atoms with E-state index in [4.69, 9.17) is 5.10 Å². The van der Waals surface area contributed by atoms with Crippen molar-refractivity contribution in [2.75, 3.05) is 14.1 Å². The zero-order chi connectivity index (χ0) is 20.4. The van der Waals surface area contributed by atoms with Gasteiger partial charge < -0.3 is 9.47 Å². The highest BCUT2D eigenvalue weighted by atomic mass is 32.2. The van der Waals surface area contributed by atoms with Crippen molar-refractivity contribution < 1.29 is 4.90 Å². The lowest BCUT2D eigenvalue weighted by atomic mass is 10.1. The summed E-state index contributed by atoms with van der Waals surface area (Å²) in [5.41, 5.74) is 5.47. The predicted molar refractivity (Wildman–Crippen MR) is 120 cm³/mol. The van der Waals surface area contributed by atoms with Crippen molar-refractivity contribution in [2.45, 2.75) is 56.1 Å². The van der Waals surface area contributed by atoms with Crippen molar-refractivity contribution in [3.05, 3.63) is 65.5 Å². The molecule has 3 aromatic rings. The van der Waals surface area contributed by atoms with Crippen LogP contribution in [0.2, 0.25) is 0 Å². The normalized spacial score (nSPS) is 14.2. The summed E-state index contributed by atoms with van der Waals surface area (Å²) in [7, 11) is 4.42. The van der Waals surface area contributed by atoms with E-state index in [0.29, 0.717) is 6.04 Å². The highest BCUT2D eigenvalue weighted by Crippen LogP contribution is 2.51. The number of fused-ring (bicyclic) bond motifs is 3. The first kappa shape index (κ1) is 20.2. The topological polar surface area (TPSA) is 35.1 Å².